The average molecular weight is 583 g/mol. The average Bonchev–Trinajstić information content (AvgIpc) is 3.33. The van der Waals surface area contributed by atoms with Gasteiger partial charge in [-0.3, -0.25) is 4.90 Å². The number of rotatable bonds is 8. The molecule has 0 spiro atoms. The summed E-state index contributed by atoms with van der Waals surface area (Å²) in [4.78, 5) is 29.0. The first kappa shape index (κ1) is 30.5. The number of amides is 4. The zero-order valence-corrected chi connectivity index (χ0v) is 24.0. The van der Waals surface area contributed by atoms with Crippen LogP contribution in [0.4, 0.5) is 15.3 Å². The summed E-state index contributed by atoms with van der Waals surface area (Å²) in [5, 5.41) is 6.65. The summed E-state index contributed by atoms with van der Waals surface area (Å²) in [5.41, 5.74) is 7.38. The van der Waals surface area contributed by atoms with Crippen LogP contribution in [0.15, 0.2) is 36.4 Å². The number of nitrogens with two attached hydrogens (primary N) is 1. The number of halogens is 2. The SMILES string of the molecule is COc1cc(NC(=O)NC2CN(C(N)=O)CC2N2CCC(Cc3ccc(Cl)cc3)CC2)cc(OC)c1OC.Cl. The topological polar surface area (TPSA) is 118 Å². The molecule has 2 aliphatic heterocycles. The highest BCUT2D eigenvalue weighted by Crippen LogP contribution is 2.40. The Bertz CT molecular complexity index is 1100. The Balaban J connectivity index is 0.00000420. The monoisotopic (exact) mass is 581 g/mol. The van der Waals surface area contributed by atoms with E-state index in [2.05, 4.69) is 27.7 Å². The van der Waals surface area contributed by atoms with E-state index in [0.29, 0.717) is 41.9 Å². The van der Waals surface area contributed by atoms with Gasteiger partial charge in [-0.05, 0) is 56.0 Å². The van der Waals surface area contributed by atoms with Crippen molar-refractivity contribution < 1.29 is 23.8 Å². The first-order valence-electron chi connectivity index (χ1n) is 12.7. The molecule has 2 heterocycles. The van der Waals surface area contributed by atoms with E-state index in [4.69, 9.17) is 31.5 Å². The molecule has 2 unspecified atom stereocenters. The molecule has 2 fully saturated rings. The van der Waals surface area contributed by atoms with Crippen molar-refractivity contribution in [2.75, 3.05) is 52.8 Å². The Kier molecular flexibility index (Phi) is 10.8. The molecule has 0 bridgehead atoms. The first-order chi connectivity index (χ1) is 18.3. The predicted octanol–water partition coefficient (Wildman–Crippen LogP) is 4.00. The van der Waals surface area contributed by atoms with Gasteiger partial charge >= 0.3 is 12.1 Å². The number of hydrogen-bond acceptors (Lipinski definition) is 6. The molecule has 39 heavy (non-hydrogen) atoms. The van der Waals surface area contributed by atoms with Crippen molar-refractivity contribution in [3.05, 3.63) is 47.0 Å². The minimum Gasteiger partial charge on any atom is -0.493 e. The van der Waals surface area contributed by atoms with Gasteiger partial charge in [-0.15, -0.1) is 12.4 Å². The van der Waals surface area contributed by atoms with Crippen LogP contribution < -0.4 is 30.6 Å². The van der Waals surface area contributed by atoms with Crippen molar-refractivity contribution in [2.24, 2.45) is 11.7 Å². The molecule has 12 heteroatoms. The Morgan fingerprint density at radius 2 is 1.62 bits per heavy atom. The molecule has 2 atom stereocenters. The second-order valence-corrected chi connectivity index (χ2v) is 10.2. The lowest BCUT2D eigenvalue weighted by molar-refractivity contribution is 0.123. The lowest BCUT2D eigenvalue weighted by Crippen LogP contribution is -2.54. The lowest BCUT2D eigenvalue weighted by atomic mass is 9.89. The number of carbonyl (C=O) groups excluding carboxylic acids is 2. The van der Waals surface area contributed by atoms with E-state index in [1.54, 1.807) is 17.0 Å². The summed E-state index contributed by atoms with van der Waals surface area (Å²) < 4.78 is 16.1. The molecule has 2 aromatic carbocycles. The summed E-state index contributed by atoms with van der Waals surface area (Å²) >= 11 is 6.02. The number of methoxy groups -OCH3 is 3. The minimum absolute atomic E-state index is 0. The van der Waals surface area contributed by atoms with Gasteiger partial charge in [-0.1, -0.05) is 23.7 Å². The number of carbonyl (C=O) groups is 2. The Hall–Kier alpha value is -3.08. The van der Waals surface area contributed by atoms with E-state index in [9.17, 15) is 9.59 Å². The van der Waals surface area contributed by atoms with E-state index in [1.165, 1.54) is 26.9 Å². The fourth-order valence-electron chi connectivity index (χ4n) is 5.41. The number of benzene rings is 2. The fraction of sp³-hybridized carbons (Fsp3) is 0.481. The maximum Gasteiger partial charge on any atom is 0.319 e. The van der Waals surface area contributed by atoms with Crippen LogP contribution in [0.3, 0.4) is 0 Å². The van der Waals surface area contributed by atoms with Crippen molar-refractivity contribution in [2.45, 2.75) is 31.3 Å². The molecular formula is C27H37Cl2N5O5. The van der Waals surface area contributed by atoms with Gasteiger partial charge in [0, 0.05) is 36.3 Å². The molecule has 2 aliphatic rings. The number of ether oxygens (including phenoxy) is 3. The van der Waals surface area contributed by atoms with Crippen LogP contribution >= 0.6 is 24.0 Å². The maximum absolute atomic E-state index is 13.0. The van der Waals surface area contributed by atoms with Crippen LogP contribution in [0.5, 0.6) is 17.2 Å². The van der Waals surface area contributed by atoms with Crippen LogP contribution in [0.2, 0.25) is 5.02 Å². The Morgan fingerprint density at radius 1 is 1.00 bits per heavy atom. The van der Waals surface area contributed by atoms with Crippen LogP contribution in [0, 0.1) is 5.92 Å². The molecule has 0 saturated carbocycles. The maximum atomic E-state index is 13.0. The number of anilines is 1. The van der Waals surface area contributed by atoms with E-state index in [0.717, 1.165) is 37.4 Å². The van der Waals surface area contributed by atoms with Gasteiger partial charge in [-0.25, -0.2) is 9.59 Å². The number of likely N-dealkylation sites (tertiary alicyclic amines) is 2. The number of nitrogens with zero attached hydrogens (tertiary/aromatic N) is 2. The summed E-state index contributed by atoms with van der Waals surface area (Å²) in [6.45, 7) is 2.62. The number of nitrogens with one attached hydrogen (secondary N) is 2. The molecule has 4 amide bonds. The van der Waals surface area contributed by atoms with E-state index >= 15 is 0 Å². The molecule has 2 saturated heterocycles. The molecule has 4 N–H and O–H groups in total. The zero-order valence-electron chi connectivity index (χ0n) is 22.4. The predicted molar refractivity (Wildman–Crippen MR) is 154 cm³/mol. The quantitative estimate of drug-likeness (QED) is 0.433. The van der Waals surface area contributed by atoms with Crippen LogP contribution in [0.25, 0.3) is 0 Å². The second-order valence-electron chi connectivity index (χ2n) is 9.74. The third kappa shape index (κ3) is 7.52. The zero-order chi connectivity index (χ0) is 27.2. The first-order valence-corrected chi connectivity index (χ1v) is 13.1. The molecule has 2 aromatic rings. The summed E-state index contributed by atoms with van der Waals surface area (Å²) in [7, 11) is 4.55. The summed E-state index contributed by atoms with van der Waals surface area (Å²) in [5.74, 6) is 1.88. The van der Waals surface area contributed by atoms with Gasteiger partial charge in [0.05, 0.1) is 33.1 Å². The third-order valence-electron chi connectivity index (χ3n) is 7.40. The van der Waals surface area contributed by atoms with Gasteiger partial charge in [0.25, 0.3) is 0 Å². The van der Waals surface area contributed by atoms with Crippen molar-refractivity contribution in [3.63, 3.8) is 0 Å². The Morgan fingerprint density at radius 3 is 2.15 bits per heavy atom. The van der Waals surface area contributed by atoms with E-state index in [1.807, 2.05) is 12.1 Å². The highest BCUT2D eigenvalue weighted by atomic mass is 35.5. The highest BCUT2D eigenvalue weighted by molar-refractivity contribution is 6.30. The number of primary amides is 1. The standard InChI is InChI=1S/C27H36ClN5O5.ClH/c1-36-23-13-20(14-24(37-2)25(23)38-3)30-27(35)31-21-15-33(26(29)34)16-22(21)32-10-8-18(9-11-32)12-17-4-6-19(28)7-5-17;/h4-7,13-14,18,21-22H,8-12,15-16H2,1-3H3,(H2,29,34)(H2,30,31,35);1H. The van der Waals surface area contributed by atoms with Crippen molar-refractivity contribution in [3.8, 4) is 17.2 Å². The van der Waals surface area contributed by atoms with Crippen LogP contribution in [-0.2, 0) is 6.42 Å². The summed E-state index contributed by atoms with van der Waals surface area (Å²) in [6, 6.07) is 10.2. The smallest absolute Gasteiger partial charge is 0.319 e. The minimum atomic E-state index is -0.484. The second kappa shape index (κ2) is 13.8. The van der Waals surface area contributed by atoms with E-state index < -0.39 is 12.1 Å². The van der Waals surface area contributed by atoms with E-state index in [-0.39, 0.29) is 24.5 Å². The normalized spacial score (nSPS) is 19.6. The van der Waals surface area contributed by atoms with Crippen molar-refractivity contribution in [1.29, 1.82) is 0 Å². The fourth-order valence-corrected chi connectivity index (χ4v) is 5.54. The van der Waals surface area contributed by atoms with Crippen molar-refractivity contribution in [1.82, 2.24) is 15.1 Å². The Labute approximate surface area is 240 Å². The number of piperidine rings is 1. The number of hydrogen-bond donors (Lipinski definition) is 3. The highest BCUT2D eigenvalue weighted by Gasteiger charge is 2.40. The molecule has 0 aliphatic carbocycles. The molecular weight excluding hydrogens is 545 g/mol. The van der Waals surface area contributed by atoms with Crippen LogP contribution in [0.1, 0.15) is 18.4 Å². The summed E-state index contributed by atoms with van der Waals surface area (Å²) in [6.07, 6.45) is 3.10. The van der Waals surface area contributed by atoms with Gasteiger partial charge in [0.2, 0.25) is 5.75 Å². The van der Waals surface area contributed by atoms with Crippen molar-refractivity contribution >= 4 is 41.8 Å². The molecule has 0 aromatic heterocycles. The van der Waals surface area contributed by atoms with Gasteiger partial charge in [-0.2, -0.15) is 0 Å². The van der Waals surface area contributed by atoms with Gasteiger partial charge in [0.15, 0.2) is 11.5 Å². The lowest BCUT2D eigenvalue weighted by Gasteiger charge is -2.38. The largest absolute Gasteiger partial charge is 0.493 e. The number of urea groups is 2. The van der Waals surface area contributed by atoms with Gasteiger partial charge < -0.3 is 35.5 Å². The molecule has 10 nitrogen and oxygen atoms in total. The van der Waals surface area contributed by atoms with Crippen LogP contribution in [-0.4, -0.2) is 81.5 Å². The van der Waals surface area contributed by atoms with Gasteiger partial charge in [0.1, 0.15) is 0 Å². The molecule has 0 radical (unpaired) electrons. The molecule has 214 valence electrons. The third-order valence-corrected chi connectivity index (χ3v) is 7.65. The molecule has 4 rings (SSSR count).